The molecule has 0 aliphatic rings. The first-order valence-corrected chi connectivity index (χ1v) is 7.96. The van der Waals surface area contributed by atoms with Crippen molar-refractivity contribution in [3.05, 3.63) is 59.2 Å². The van der Waals surface area contributed by atoms with Crippen LogP contribution in [0, 0.1) is 11.3 Å². The topological polar surface area (TPSA) is 128 Å². The molecule has 26 heavy (non-hydrogen) atoms. The molecule has 0 radical (unpaired) electrons. The maximum absolute atomic E-state index is 11.7. The van der Waals surface area contributed by atoms with Crippen molar-refractivity contribution in [3.63, 3.8) is 0 Å². The van der Waals surface area contributed by atoms with E-state index in [1.165, 1.54) is 0 Å². The fourth-order valence-corrected chi connectivity index (χ4v) is 2.40. The van der Waals surface area contributed by atoms with Gasteiger partial charge in [0, 0.05) is 11.3 Å². The van der Waals surface area contributed by atoms with E-state index in [-0.39, 0.29) is 12.4 Å². The number of carboxylic acid groups (broad SMARTS) is 1. The highest BCUT2D eigenvalue weighted by molar-refractivity contribution is 5.79. The number of hydrogen-bond acceptors (Lipinski definition) is 6. The fourth-order valence-electron chi connectivity index (χ4n) is 2.40. The zero-order valence-corrected chi connectivity index (χ0v) is 14.2. The molecule has 0 aliphatic carbocycles. The van der Waals surface area contributed by atoms with E-state index in [0.29, 0.717) is 23.2 Å². The number of carbonyl (C=O) groups excluding carboxylic acids is 2. The van der Waals surface area contributed by atoms with Crippen molar-refractivity contribution in [2.45, 2.75) is 19.4 Å². The molecule has 0 aromatic heterocycles. The predicted octanol–water partition coefficient (Wildman–Crippen LogP) is 0.888. The van der Waals surface area contributed by atoms with E-state index < -0.39 is 17.9 Å². The molecule has 0 spiro atoms. The lowest BCUT2D eigenvalue weighted by atomic mass is 10.0. The average molecular weight is 352 g/mol. The number of hydrogen-bond donors (Lipinski definition) is 2. The van der Waals surface area contributed by atoms with Crippen molar-refractivity contribution in [2.75, 3.05) is 11.9 Å². The van der Waals surface area contributed by atoms with E-state index >= 15 is 0 Å². The van der Waals surface area contributed by atoms with Gasteiger partial charge in [0.05, 0.1) is 23.6 Å². The van der Waals surface area contributed by atoms with Gasteiger partial charge in [0.25, 0.3) is 5.91 Å². The number of anilines is 1. The second-order valence-electron chi connectivity index (χ2n) is 5.57. The molecule has 0 bridgehead atoms. The van der Waals surface area contributed by atoms with E-state index in [1.54, 1.807) is 42.5 Å². The van der Waals surface area contributed by atoms with Gasteiger partial charge in [-0.15, -0.1) is 0 Å². The number of primary amides is 1. The molecule has 2 aromatic rings. The highest BCUT2D eigenvalue weighted by Gasteiger charge is 2.19. The number of ether oxygens (including phenoxy) is 1. The molecule has 0 fully saturated rings. The zero-order valence-electron chi connectivity index (χ0n) is 14.2. The standard InChI is InChI=1S/C19H19N3O4/c1-2-12-5-8-16(26-11-17(21)23)15(9-12)18(19(24)25)22-14-6-3-13(10-20)4-7-14/h3-9,18,22H,2,11H2,1H3,(H2,21,23)(H,24,25)/p-1. The third-order valence-corrected chi connectivity index (χ3v) is 3.72. The van der Waals surface area contributed by atoms with Crippen molar-refractivity contribution < 1.29 is 19.4 Å². The Morgan fingerprint density at radius 3 is 2.50 bits per heavy atom. The molecular formula is C19H18N3O4-. The lowest BCUT2D eigenvalue weighted by molar-refractivity contribution is -0.307. The van der Waals surface area contributed by atoms with E-state index in [2.05, 4.69) is 5.32 Å². The summed E-state index contributed by atoms with van der Waals surface area (Å²) in [4.78, 5) is 22.7. The van der Waals surface area contributed by atoms with Gasteiger partial charge < -0.3 is 25.7 Å². The van der Waals surface area contributed by atoms with Gasteiger partial charge in [0.2, 0.25) is 0 Å². The summed E-state index contributed by atoms with van der Waals surface area (Å²) in [6, 6.07) is 12.2. The number of benzene rings is 2. The van der Waals surface area contributed by atoms with Crippen molar-refractivity contribution in [1.82, 2.24) is 0 Å². The van der Waals surface area contributed by atoms with Gasteiger partial charge in [-0.25, -0.2) is 0 Å². The molecular weight excluding hydrogens is 334 g/mol. The summed E-state index contributed by atoms with van der Waals surface area (Å²) in [6.07, 6.45) is 0.694. The average Bonchev–Trinajstić information content (AvgIpc) is 2.64. The number of nitriles is 1. The molecule has 0 saturated carbocycles. The number of nitrogens with one attached hydrogen (secondary N) is 1. The van der Waals surface area contributed by atoms with Crippen LogP contribution in [-0.2, 0) is 16.0 Å². The monoisotopic (exact) mass is 352 g/mol. The Kier molecular flexibility index (Phi) is 6.17. The number of amides is 1. The van der Waals surface area contributed by atoms with Crippen LogP contribution in [0.1, 0.15) is 29.7 Å². The van der Waals surface area contributed by atoms with Crippen LogP contribution in [0.25, 0.3) is 0 Å². The third kappa shape index (κ3) is 4.74. The molecule has 1 unspecified atom stereocenters. The largest absolute Gasteiger partial charge is 0.548 e. The first-order valence-electron chi connectivity index (χ1n) is 7.96. The van der Waals surface area contributed by atoms with Crippen molar-refractivity contribution in [3.8, 4) is 11.8 Å². The van der Waals surface area contributed by atoms with E-state index in [9.17, 15) is 14.7 Å². The summed E-state index contributed by atoms with van der Waals surface area (Å²) in [5, 5.41) is 23.4. The number of nitrogens with zero attached hydrogens (tertiary/aromatic N) is 1. The first kappa shape index (κ1) is 18.8. The summed E-state index contributed by atoms with van der Waals surface area (Å²) in [6.45, 7) is 1.57. The van der Waals surface area contributed by atoms with Crippen LogP contribution >= 0.6 is 0 Å². The van der Waals surface area contributed by atoms with Gasteiger partial charge in [0.15, 0.2) is 6.61 Å². The Morgan fingerprint density at radius 2 is 1.96 bits per heavy atom. The Balaban J connectivity index is 2.38. The smallest absolute Gasteiger partial charge is 0.255 e. The van der Waals surface area contributed by atoms with Crippen LogP contribution in [0.2, 0.25) is 0 Å². The normalized spacial score (nSPS) is 11.2. The number of carbonyl (C=O) groups is 2. The van der Waals surface area contributed by atoms with E-state index in [1.807, 2.05) is 13.0 Å². The fraction of sp³-hybridized carbons (Fsp3) is 0.211. The van der Waals surface area contributed by atoms with Gasteiger partial charge in [0.1, 0.15) is 5.75 Å². The summed E-state index contributed by atoms with van der Waals surface area (Å²) < 4.78 is 5.35. The molecule has 0 heterocycles. The number of carboxylic acids is 1. The van der Waals surface area contributed by atoms with Crippen molar-refractivity contribution >= 4 is 17.6 Å². The van der Waals surface area contributed by atoms with Crippen LogP contribution in [0.3, 0.4) is 0 Å². The van der Waals surface area contributed by atoms with Gasteiger partial charge in [-0.05, 0) is 48.4 Å². The summed E-state index contributed by atoms with van der Waals surface area (Å²) >= 11 is 0. The molecule has 7 nitrogen and oxygen atoms in total. The minimum Gasteiger partial charge on any atom is -0.548 e. The molecule has 0 aliphatic heterocycles. The SMILES string of the molecule is CCc1ccc(OCC(N)=O)c(C(Nc2ccc(C#N)cc2)C(=O)[O-])c1. The minimum absolute atomic E-state index is 0.233. The summed E-state index contributed by atoms with van der Waals surface area (Å²) in [5.41, 5.74) is 7.29. The van der Waals surface area contributed by atoms with Crippen molar-refractivity contribution in [2.24, 2.45) is 5.73 Å². The molecule has 1 atom stereocenters. The predicted molar refractivity (Wildman–Crippen MR) is 93.0 cm³/mol. The number of aliphatic carboxylic acids is 1. The second-order valence-corrected chi connectivity index (χ2v) is 5.57. The zero-order chi connectivity index (χ0) is 19.1. The molecule has 7 heteroatoms. The molecule has 2 rings (SSSR count). The number of aryl methyl sites for hydroxylation is 1. The van der Waals surface area contributed by atoms with Crippen molar-refractivity contribution in [1.29, 1.82) is 5.26 Å². The highest BCUT2D eigenvalue weighted by atomic mass is 16.5. The summed E-state index contributed by atoms with van der Waals surface area (Å²) in [7, 11) is 0. The number of nitrogens with two attached hydrogens (primary N) is 1. The Morgan fingerprint density at radius 1 is 1.27 bits per heavy atom. The maximum Gasteiger partial charge on any atom is 0.255 e. The van der Waals surface area contributed by atoms with Crippen LogP contribution in [-0.4, -0.2) is 18.5 Å². The molecule has 2 aromatic carbocycles. The maximum atomic E-state index is 11.7. The van der Waals surface area contributed by atoms with E-state index in [0.717, 1.165) is 5.56 Å². The molecule has 3 N–H and O–H groups in total. The minimum atomic E-state index is -1.36. The Hall–Kier alpha value is -3.53. The van der Waals surface area contributed by atoms with Crippen LogP contribution < -0.4 is 20.9 Å². The Labute approximate surface area is 151 Å². The third-order valence-electron chi connectivity index (χ3n) is 3.72. The van der Waals surface area contributed by atoms with Crippen LogP contribution in [0.4, 0.5) is 5.69 Å². The van der Waals surface area contributed by atoms with Gasteiger partial charge >= 0.3 is 0 Å². The molecule has 0 saturated heterocycles. The molecule has 134 valence electrons. The van der Waals surface area contributed by atoms with E-state index in [4.69, 9.17) is 15.7 Å². The van der Waals surface area contributed by atoms with Crippen LogP contribution in [0.5, 0.6) is 5.75 Å². The number of rotatable bonds is 8. The molecule has 1 amide bonds. The lowest BCUT2D eigenvalue weighted by Gasteiger charge is -2.24. The van der Waals surface area contributed by atoms with Crippen LogP contribution in [0.15, 0.2) is 42.5 Å². The second kappa shape index (κ2) is 8.53. The highest BCUT2D eigenvalue weighted by Crippen LogP contribution is 2.29. The van der Waals surface area contributed by atoms with Gasteiger partial charge in [-0.1, -0.05) is 13.0 Å². The Bertz CT molecular complexity index is 841. The summed E-state index contributed by atoms with van der Waals surface area (Å²) in [5.74, 6) is -1.79. The quantitative estimate of drug-likeness (QED) is 0.726. The van der Waals surface area contributed by atoms with Gasteiger partial charge in [-0.3, -0.25) is 4.79 Å². The first-order chi connectivity index (χ1) is 12.4. The lowest BCUT2D eigenvalue weighted by Crippen LogP contribution is -2.34. The van der Waals surface area contributed by atoms with Gasteiger partial charge in [-0.2, -0.15) is 5.26 Å².